The Kier molecular flexibility index (Phi) is 8.40. The first-order valence-electron chi connectivity index (χ1n) is 11.5. The van der Waals surface area contributed by atoms with Gasteiger partial charge in [-0.05, 0) is 36.6 Å². The molecule has 0 aromatic heterocycles. The molecule has 4 rings (SSSR count). The second kappa shape index (κ2) is 11.5. The summed E-state index contributed by atoms with van der Waals surface area (Å²) in [6.45, 7) is 3.02. The first-order valence-corrected chi connectivity index (χ1v) is 13.4. The zero-order valence-electron chi connectivity index (χ0n) is 19.2. The topological polar surface area (TPSA) is 55.8 Å². The van der Waals surface area contributed by atoms with E-state index < -0.39 is 15.6 Å². The number of rotatable bonds is 10. The van der Waals surface area contributed by atoms with E-state index in [0.29, 0.717) is 37.4 Å². The van der Waals surface area contributed by atoms with E-state index in [4.69, 9.17) is 21.1 Å². The van der Waals surface area contributed by atoms with Crippen LogP contribution < -0.4 is 0 Å². The number of sulfonamides is 1. The van der Waals surface area contributed by atoms with Gasteiger partial charge < -0.3 is 9.47 Å². The smallest absolute Gasteiger partial charge is 0.243 e. The maximum absolute atomic E-state index is 13.5. The highest BCUT2D eigenvalue weighted by atomic mass is 35.5. The van der Waals surface area contributed by atoms with E-state index in [-0.39, 0.29) is 12.2 Å². The predicted molar refractivity (Wildman–Crippen MR) is 134 cm³/mol. The monoisotopic (exact) mass is 499 g/mol. The second-order valence-corrected chi connectivity index (χ2v) is 11.0. The number of benzene rings is 3. The molecule has 7 heteroatoms. The summed E-state index contributed by atoms with van der Waals surface area (Å²) in [6, 6.07) is 26.5. The minimum absolute atomic E-state index is 0.172. The maximum atomic E-state index is 13.5. The molecule has 5 nitrogen and oxygen atoms in total. The number of hydrogen-bond acceptors (Lipinski definition) is 4. The summed E-state index contributed by atoms with van der Waals surface area (Å²) in [5, 5.41) is 0. The summed E-state index contributed by atoms with van der Waals surface area (Å²) >= 11 is 6.41. The zero-order chi connectivity index (χ0) is 24.0. The summed E-state index contributed by atoms with van der Waals surface area (Å²) in [6.07, 6.45) is 0.759. The van der Waals surface area contributed by atoms with Crippen LogP contribution in [0.15, 0.2) is 89.8 Å². The lowest BCUT2D eigenvalue weighted by atomic mass is 10.1. The number of hydrogen-bond donors (Lipinski definition) is 0. The minimum Gasteiger partial charge on any atom is -0.369 e. The Bertz CT molecular complexity index is 1140. The van der Waals surface area contributed by atoms with Crippen molar-refractivity contribution in [2.24, 2.45) is 0 Å². The predicted octanol–water partition coefficient (Wildman–Crippen LogP) is 5.52. The molecule has 3 atom stereocenters. The number of aryl methyl sites for hydroxylation is 1. The summed E-state index contributed by atoms with van der Waals surface area (Å²) in [4.78, 5) is 0.292. The molecule has 1 unspecified atom stereocenters. The molecule has 0 aliphatic carbocycles. The highest BCUT2D eigenvalue weighted by Gasteiger charge is 2.35. The number of halogens is 1. The Morgan fingerprint density at radius 2 is 1.56 bits per heavy atom. The Morgan fingerprint density at radius 1 is 0.941 bits per heavy atom. The van der Waals surface area contributed by atoms with Gasteiger partial charge in [-0.2, -0.15) is 4.31 Å². The van der Waals surface area contributed by atoms with Crippen LogP contribution in [0, 0.1) is 6.92 Å². The quantitative estimate of drug-likeness (QED) is 0.345. The molecule has 3 aromatic carbocycles. The maximum Gasteiger partial charge on any atom is 0.243 e. The molecule has 3 aromatic rings. The van der Waals surface area contributed by atoms with Gasteiger partial charge in [-0.3, -0.25) is 0 Å². The molecule has 1 heterocycles. The van der Waals surface area contributed by atoms with Crippen LogP contribution in [0.3, 0.4) is 0 Å². The molecule has 0 bridgehead atoms. The fraction of sp³-hybridized carbons (Fsp3) is 0.333. The molecule has 0 N–H and O–H groups in total. The van der Waals surface area contributed by atoms with Gasteiger partial charge in [0.25, 0.3) is 0 Å². The average molecular weight is 500 g/mol. The average Bonchev–Trinajstić information content (AvgIpc) is 3.21. The lowest BCUT2D eigenvalue weighted by Crippen LogP contribution is -2.33. The van der Waals surface area contributed by atoms with E-state index in [1.165, 1.54) is 4.31 Å². The van der Waals surface area contributed by atoms with Gasteiger partial charge >= 0.3 is 0 Å². The minimum atomic E-state index is -3.67. The van der Waals surface area contributed by atoms with Crippen LogP contribution in [0.4, 0.5) is 0 Å². The fourth-order valence-electron chi connectivity index (χ4n) is 4.02. The lowest BCUT2D eigenvalue weighted by Gasteiger charge is -2.24. The lowest BCUT2D eigenvalue weighted by molar-refractivity contribution is 0.00760. The van der Waals surface area contributed by atoms with Gasteiger partial charge in [-0.25, -0.2) is 8.42 Å². The summed E-state index contributed by atoms with van der Waals surface area (Å²) in [5.41, 5.74) is 2.48. The van der Waals surface area contributed by atoms with Crippen molar-refractivity contribution in [3.8, 4) is 0 Å². The molecular weight excluding hydrogens is 470 g/mol. The summed E-state index contributed by atoms with van der Waals surface area (Å²) < 4.78 is 40.4. The number of alkyl halides is 1. The normalized spacial score (nSPS) is 20.6. The van der Waals surface area contributed by atoms with Crippen LogP contribution in [0.1, 0.15) is 29.5 Å². The molecule has 0 amide bonds. The standard InChI is InChI=1S/C27H30ClNO4S/c1-21-12-14-25(15-13-21)34(30,31)29(19-22-8-4-2-5-9-22)17-16-24-18-26(27(28)33-24)32-20-23-10-6-3-7-11-23/h2-15,24,26-27H,16-20H2,1H3/t24-,26-,27?/m0/s1. The van der Waals surface area contributed by atoms with Crippen molar-refractivity contribution in [3.63, 3.8) is 0 Å². The van der Waals surface area contributed by atoms with Crippen molar-refractivity contribution >= 4 is 21.6 Å². The van der Waals surface area contributed by atoms with Crippen LogP contribution in [-0.2, 0) is 32.6 Å². The van der Waals surface area contributed by atoms with E-state index in [1.54, 1.807) is 12.1 Å². The van der Waals surface area contributed by atoms with E-state index >= 15 is 0 Å². The van der Waals surface area contributed by atoms with Crippen LogP contribution >= 0.6 is 11.6 Å². The first kappa shape index (κ1) is 24.9. The van der Waals surface area contributed by atoms with Gasteiger partial charge in [0, 0.05) is 19.5 Å². The molecule has 0 saturated carbocycles. The van der Waals surface area contributed by atoms with Crippen molar-refractivity contribution < 1.29 is 17.9 Å². The van der Waals surface area contributed by atoms with Crippen molar-refractivity contribution in [2.75, 3.05) is 6.54 Å². The third-order valence-corrected chi connectivity index (χ3v) is 8.22. The van der Waals surface area contributed by atoms with Gasteiger partial charge in [-0.1, -0.05) is 90.0 Å². The molecular formula is C27H30ClNO4S. The van der Waals surface area contributed by atoms with Crippen LogP contribution in [-0.4, -0.2) is 37.0 Å². The highest BCUT2D eigenvalue weighted by molar-refractivity contribution is 7.89. The Labute approximate surface area is 207 Å². The Morgan fingerprint density at radius 3 is 2.21 bits per heavy atom. The molecule has 0 radical (unpaired) electrons. The molecule has 1 saturated heterocycles. The molecule has 0 spiro atoms. The Hall–Kier alpha value is -2.22. The fourth-order valence-corrected chi connectivity index (χ4v) is 5.78. The number of nitrogens with zero attached hydrogens (tertiary/aromatic N) is 1. The van der Waals surface area contributed by atoms with Gasteiger partial charge in [0.05, 0.1) is 17.6 Å². The van der Waals surface area contributed by atoms with Crippen molar-refractivity contribution in [2.45, 2.75) is 55.6 Å². The molecule has 1 fully saturated rings. The second-order valence-electron chi connectivity index (χ2n) is 8.61. The van der Waals surface area contributed by atoms with E-state index in [2.05, 4.69) is 0 Å². The largest absolute Gasteiger partial charge is 0.369 e. The summed E-state index contributed by atoms with van der Waals surface area (Å²) in [5.74, 6) is 0. The first-order chi connectivity index (χ1) is 16.4. The van der Waals surface area contributed by atoms with Gasteiger partial charge in [0.1, 0.15) is 6.10 Å². The van der Waals surface area contributed by atoms with E-state index in [0.717, 1.165) is 16.7 Å². The molecule has 1 aliphatic rings. The molecule has 180 valence electrons. The van der Waals surface area contributed by atoms with Crippen LogP contribution in [0.25, 0.3) is 0 Å². The summed E-state index contributed by atoms with van der Waals surface area (Å²) in [7, 11) is -3.67. The zero-order valence-corrected chi connectivity index (χ0v) is 20.8. The van der Waals surface area contributed by atoms with Gasteiger partial charge in [-0.15, -0.1) is 0 Å². The van der Waals surface area contributed by atoms with Crippen molar-refractivity contribution in [1.29, 1.82) is 0 Å². The highest BCUT2D eigenvalue weighted by Crippen LogP contribution is 2.30. The third-order valence-electron chi connectivity index (χ3n) is 5.98. The van der Waals surface area contributed by atoms with Gasteiger partial charge in [0.15, 0.2) is 5.56 Å². The third kappa shape index (κ3) is 6.46. The number of ether oxygens (including phenoxy) is 2. The molecule has 34 heavy (non-hydrogen) atoms. The van der Waals surface area contributed by atoms with Crippen molar-refractivity contribution in [1.82, 2.24) is 4.31 Å². The SMILES string of the molecule is Cc1ccc(S(=O)(=O)N(CC[C@H]2C[C@H](OCc3ccccc3)C(Cl)O2)Cc2ccccc2)cc1. The van der Waals surface area contributed by atoms with E-state index in [9.17, 15) is 8.42 Å². The van der Waals surface area contributed by atoms with Crippen LogP contribution in [0.5, 0.6) is 0 Å². The van der Waals surface area contributed by atoms with E-state index in [1.807, 2.05) is 79.7 Å². The Balaban J connectivity index is 1.41. The van der Waals surface area contributed by atoms with Crippen LogP contribution in [0.2, 0.25) is 0 Å². The molecule has 1 aliphatic heterocycles. The van der Waals surface area contributed by atoms with Crippen molar-refractivity contribution in [3.05, 3.63) is 102 Å². The van der Waals surface area contributed by atoms with Gasteiger partial charge in [0.2, 0.25) is 10.0 Å².